The number of hydrogen-bond donors (Lipinski definition) is 1. The number of carbonyl (C=O) groups is 1. The second kappa shape index (κ2) is 10.8. The van der Waals surface area contributed by atoms with Crippen LogP contribution < -0.4 is 0 Å². The molecule has 1 saturated heterocycles. The van der Waals surface area contributed by atoms with Gasteiger partial charge in [0.2, 0.25) is 0 Å². The largest absolute Gasteiger partial charge is 0.460 e. The van der Waals surface area contributed by atoms with Gasteiger partial charge in [-0.15, -0.1) is 0 Å². The van der Waals surface area contributed by atoms with E-state index in [1.54, 1.807) is 0 Å². The van der Waals surface area contributed by atoms with Crippen molar-refractivity contribution in [1.29, 1.82) is 0 Å². The standard InChI is InChI=1S/C29H55NO5Si/c1-20(34-30-28(8,9)17-14-18-29(30,10)11)15-16-21-23(35-36(12,13)27(5,6)7)19-22(31)24(21)25(32)33-26(2,3)4/h15-16,20-24,31H,14,17-19H2,1-13H3/t20-,21-,22+,23+,24+/m0/s1. The summed E-state index contributed by atoms with van der Waals surface area (Å²) in [5.74, 6) is -1.31. The van der Waals surface area contributed by atoms with Crippen molar-refractivity contribution in [3.05, 3.63) is 12.2 Å². The van der Waals surface area contributed by atoms with Gasteiger partial charge in [-0.25, -0.2) is 0 Å². The van der Waals surface area contributed by atoms with E-state index >= 15 is 0 Å². The molecule has 1 saturated carbocycles. The van der Waals surface area contributed by atoms with E-state index in [9.17, 15) is 9.90 Å². The quantitative estimate of drug-likeness (QED) is 0.228. The Morgan fingerprint density at radius 1 is 1.06 bits per heavy atom. The van der Waals surface area contributed by atoms with E-state index in [0.717, 1.165) is 12.8 Å². The summed E-state index contributed by atoms with van der Waals surface area (Å²) < 4.78 is 12.5. The molecule has 1 N–H and O–H groups in total. The number of carbonyl (C=O) groups excluding carboxylic acids is 1. The highest BCUT2D eigenvalue weighted by atomic mass is 28.4. The summed E-state index contributed by atoms with van der Waals surface area (Å²) in [5.41, 5.74) is -0.730. The van der Waals surface area contributed by atoms with E-state index < -0.39 is 25.9 Å². The summed E-state index contributed by atoms with van der Waals surface area (Å²) in [6.07, 6.45) is 6.62. The van der Waals surface area contributed by atoms with Crippen LogP contribution in [-0.2, 0) is 18.8 Å². The zero-order valence-electron chi connectivity index (χ0n) is 25.4. The van der Waals surface area contributed by atoms with Crippen molar-refractivity contribution in [2.75, 3.05) is 0 Å². The first kappa shape index (κ1) is 31.5. The summed E-state index contributed by atoms with van der Waals surface area (Å²) in [6.45, 7) is 27.6. The lowest BCUT2D eigenvalue weighted by atomic mass is 9.82. The molecule has 1 aliphatic carbocycles. The highest BCUT2D eigenvalue weighted by molar-refractivity contribution is 6.74. The Balaban J connectivity index is 2.31. The summed E-state index contributed by atoms with van der Waals surface area (Å²) in [7, 11) is -2.12. The molecule has 0 aromatic rings. The fourth-order valence-corrected chi connectivity index (χ4v) is 6.75. The second-order valence-corrected chi connectivity index (χ2v) is 19.6. The molecule has 0 bridgehead atoms. The molecule has 2 aliphatic rings. The predicted molar refractivity (Wildman–Crippen MR) is 149 cm³/mol. The molecular formula is C29H55NO5Si. The first-order chi connectivity index (χ1) is 16.1. The topological polar surface area (TPSA) is 68.2 Å². The average Bonchev–Trinajstić information content (AvgIpc) is 2.94. The maximum Gasteiger partial charge on any atom is 0.312 e. The van der Waals surface area contributed by atoms with Crippen LogP contribution in [0, 0.1) is 11.8 Å². The average molecular weight is 526 g/mol. The minimum Gasteiger partial charge on any atom is -0.460 e. The maximum absolute atomic E-state index is 13.2. The number of ether oxygens (including phenoxy) is 1. The Kier molecular flexibility index (Phi) is 9.44. The molecule has 2 rings (SSSR count). The van der Waals surface area contributed by atoms with Gasteiger partial charge < -0.3 is 14.3 Å². The molecule has 0 aromatic heterocycles. The molecule has 7 heteroatoms. The Morgan fingerprint density at radius 2 is 1.58 bits per heavy atom. The third-order valence-corrected chi connectivity index (χ3v) is 12.7. The van der Waals surface area contributed by atoms with Gasteiger partial charge >= 0.3 is 5.97 Å². The highest BCUT2D eigenvalue weighted by Gasteiger charge is 2.51. The number of rotatable bonds is 7. The molecule has 6 nitrogen and oxygen atoms in total. The lowest BCUT2D eigenvalue weighted by Crippen LogP contribution is -2.59. The molecule has 2 fully saturated rings. The van der Waals surface area contributed by atoms with Crippen LogP contribution in [0.15, 0.2) is 12.2 Å². The highest BCUT2D eigenvalue weighted by Crippen LogP contribution is 2.44. The molecule has 0 radical (unpaired) electrons. The minimum absolute atomic E-state index is 0.0258. The number of hydrogen-bond acceptors (Lipinski definition) is 6. The third kappa shape index (κ3) is 7.65. The lowest BCUT2D eigenvalue weighted by Gasteiger charge is -2.52. The van der Waals surface area contributed by atoms with Crippen molar-refractivity contribution in [2.24, 2.45) is 11.8 Å². The van der Waals surface area contributed by atoms with Gasteiger partial charge in [0.25, 0.3) is 0 Å². The zero-order chi connectivity index (χ0) is 27.9. The van der Waals surface area contributed by atoms with Crippen LogP contribution in [0.25, 0.3) is 0 Å². The number of aliphatic hydroxyl groups excluding tert-OH is 1. The second-order valence-electron chi connectivity index (χ2n) is 14.8. The fraction of sp³-hybridized carbons (Fsp3) is 0.897. The summed E-state index contributed by atoms with van der Waals surface area (Å²) >= 11 is 0. The summed E-state index contributed by atoms with van der Waals surface area (Å²) in [6, 6.07) is 0. The van der Waals surface area contributed by atoms with Crippen molar-refractivity contribution in [3.63, 3.8) is 0 Å². The normalized spacial score (nSPS) is 30.5. The van der Waals surface area contributed by atoms with Crippen molar-refractivity contribution in [2.45, 2.75) is 155 Å². The number of esters is 1. The SMILES string of the molecule is C[C@@H](C=C[C@@H]1[C@@H](C(=O)OC(C)(C)C)[C@H](O)C[C@H]1O[Si](C)(C)C(C)(C)C)ON1C(C)(C)CCCC1(C)C. The fourth-order valence-electron chi connectivity index (χ4n) is 5.39. The molecule has 210 valence electrons. The number of nitrogens with zero attached hydrogens (tertiary/aromatic N) is 1. The van der Waals surface area contributed by atoms with Gasteiger partial charge in [0.15, 0.2) is 8.32 Å². The van der Waals surface area contributed by atoms with Gasteiger partial charge in [-0.05, 0) is 99.2 Å². The Morgan fingerprint density at radius 3 is 2.06 bits per heavy atom. The Bertz CT molecular complexity index is 776. The van der Waals surface area contributed by atoms with Gasteiger partial charge in [0.05, 0.1) is 24.2 Å². The molecule has 0 unspecified atom stereocenters. The van der Waals surface area contributed by atoms with Gasteiger partial charge in [0.1, 0.15) is 5.60 Å². The van der Waals surface area contributed by atoms with Crippen LogP contribution in [0.1, 0.15) is 102 Å². The third-order valence-electron chi connectivity index (χ3n) is 8.22. The first-order valence-corrected chi connectivity index (χ1v) is 16.7. The van der Waals surface area contributed by atoms with Crippen molar-refractivity contribution >= 4 is 14.3 Å². The first-order valence-electron chi connectivity index (χ1n) is 13.8. The van der Waals surface area contributed by atoms with Crippen LogP contribution in [0.2, 0.25) is 18.1 Å². The van der Waals surface area contributed by atoms with Gasteiger partial charge in [0, 0.05) is 17.0 Å². The predicted octanol–water partition coefficient (Wildman–Crippen LogP) is 6.63. The number of piperidine rings is 1. The molecule has 1 heterocycles. The van der Waals surface area contributed by atoms with E-state index in [4.69, 9.17) is 14.0 Å². The van der Waals surface area contributed by atoms with Crippen molar-refractivity contribution in [1.82, 2.24) is 5.06 Å². The van der Waals surface area contributed by atoms with Crippen molar-refractivity contribution in [3.8, 4) is 0 Å². The Hall–Kier alpha value is -0.733. The van der Waals surface area contributed by atoms with Crippen LogP contribution in [0.5, 0.6) is 0 Å². The molecule has 1 aliphatic heterocycles. The van der Waals surface area contributed by atoms with Gasteiger partial charge in [-0.2, -0.15) is 5.06 Å². The van der Waals surface area contributed by atoms with E-state index in [1.807, 2.05) is 39.8 Å². The molecule has 0 amide bonds. The van der Waals surface area contributed by atoms with E-state index in [-0.39, 0.29) is 40.2 Å². The monoisotopic (exact) mass is 525 g/mol. The summed E-state index contributed by atoms with van der Waals surface area (Å²) in [5, 5.41) is 13.2. The van der Waals surface area contributed by atoms with Crippen LogP contribution in [0.3, 0.4) is 0 Å². The molecular weight excluding hydrogens is 470 g/mol. The van der Waals surface area contributed by atoms with E-state index in [0.29, 0.717) is 6.42 Å². The molecule has 5 atom stereocenters. The lowest BCUT2D eigenvalue weighted by molar-refractivity contribution is -0.293. The van der Waals surface area contributed by atoms with Crippen LogP contribution in [0.4, 0.5) is 0 Å². The van der Waals surface area contributed by atoms with E-state index in [2.05, 4.69) is 66.6 Å². The van der Waals surface area contributed by atoms with Crippen LogP contribution in [-0.4, -0.2) is 59.4 Å². The smallest absolute Gasteiger partial charge is 0.312 e. The molecule has 36 heavy (non-hydrogen) atoms. The van der Waals surface area contributed by atoms with E-state index in [1.165, 1.54) is 6.42 Å². The van der Waals surface area contributed by atoms with Crippen molar-refractivity contribution < 1.29 is 23.9 Å². The maximum atomic E-state index is 13.2. The zero-order valence-corrected chi connectivity index (χ0v) is 26.4. The van der Waals surface area contributed by atoms with Gasteiger partial charge in [-0.1, -0.05) is 32.9 Å². The minimum atomic E-state index is -2.12. The Labute approximate surface area is 222 Å². The molecule has 0 spiro atoms. The number of aliphatic hydroxyl groups is 1. The van der Waals surface area contributed by atoms with Crippen LogP contribution >= 0.6 is 0 Å². The summed E-state index contributed by atoms with van der Waals surface area (Å²) in [4.78, 5) is 19.7. The number of hydroxylamine groups is 2. The molecule has 0 aromatic carbocycles. The van der Waals surface area contributed by atoms with Gasteiger partial charge in [-0.3, -0.25) is 9.63 Å².